The van der Waals surface area contributed by atoms with Crippen LogP contribution in [0.25, 0.3) is 6.08 Å². The Morgan fingerprint density at radius 2 is 1.70 bits per heavy atom. The average Bonchev–Trinajstić information content (AvgIpc) is 3.01. The Morgan fingerprint density at radius 3 is 2.61 bits per heavy atom. The van der Waals surface area contributed by atoms with E-state index in [2.05, 4.69) is 71.9 Å². The maximum Gasteiger partial charge on any atom is 0.0664 e. The third-order valence-corrected chi connectivity index (χ3v) is 4.97. The number of benzene rings is 2. The van der Waals surface area contributed by atoms with Gasteiger partial charge in [-0.2, -0.15) is 0 Å². The fourth-order valence-corrected chi connectivity index (χ4v) is 3.75. The van der Waals surface area contributed by atoms with Crippen LogP contribution < -0.4 is 0 Å². The fourth-order valence-electron chi connectivity index (χ4n) is 3.75. The lowest BCUT2D eigenvalue weighted by molar-refractivity contribution is 0.586. The van der Waals surface area contributed by atoms with E-state index in [0.29, 0.717) is 5.92 Å². The molecule has 1 aliphatic heterocycles. The molecule has 1 fully saturated rings. The van der Waals surface area contributed by atoms with E-state index >= 15 is 0 Å². The van der Waals surface area contributed by atoms with E-state index in [1.54, 1.807) is 11.5 Å². The largest absolute Gasteiger partial charge is 0.260 e. The van der Waals surface area contributed by atoms with Crippen LogP contribution in [-0.2, 0) is 0 Å². The van der Waals surface area contributed by atoms with E-state index in [-0.39, 0.29) is 0 Å². The summed E-state index contributed by atoms with van der Waals surface area (Å²) in [7, 11) is 0. The molecule has 4 rings (SSSR count). The van der Waals surface area contributed by atoms with Crippen LogP contribution in [0.15, 0.2) is 65.2 Å². The second-order valence-corrected chi connectivity index (χ2v) is 6.54. The first kappa shape index (κ1) is 14.4. The normalized spacial score (nSPS) is 22.4. The van der Waals surface area contributed by atoms with Gasteiger partial charge in [-0.3, -0.25) is 4.99 Å². The molecule has 0 amide bonds. The van der Waals surface area contributed by atoms with Crippen molar-refractivity contribution < 1.29 is 0 Å². The zero-order chi connectivity index (χ0) is 15.5. The summed E-state index contributed by atoms with van der Waals surface area (Å²) in [5.74, 6) is 2.09. The summed E-state index contributed by atoms with van der Waals surface area (Å²) in [6.07, 6.45) is 10.8. The van der Waals surface area contributed by atoms with Gasteiger partial charge in [-0.1, -0.05) is 66.6 Å². The highest BCUT2D eigenvalue weighted by molar-refractivity contribution is 5.81. The Hall–Kier alpha value is -2.15. The van der Waals surface area contributed by atoms with Gasteiger partial charge in [0.2, 0.25) is 0 Å². The molecule has 2 aromatic rings. The van der Waals surface area contributed by atoms with Crippen molar-refractivity contribution in [2.24, 2.45) is 4.99 Å². The SMILES string of the molecule is C1=Nc2ccccc2[C@H]1C[C]1CCCCC1=Cc1ccccc1. The Bertz CT molecular complexity index is 727. The molecule has 0 aromatic heterocycles. The Kier molecular flexibility index (Phi) is 4.10. The van der Waals surface area contributed by atoms with E-state index in [9.17, 15) is 0 Å². The van der Waals surface area contributed by atoms with Gasteiger partial charge in [0.25, 0.3) is 0 Å². The number of fused-ring (bicyclic) bond motifs is 1. The van der Waals surface area contributed by atoms with Gasteiger partial charge in [0.05, 0.1) is 5.69 Å². The summed E-state index contributed by atoms with van der Waals surface area (Å²) in [6, 6.07) is 19.3. The summed E-state index contributed by atoms with van der Waals surface area (Å²) >= 11 is 0. The molecular formula is C22H22N. The quantitative estimate of drug-likeness (QED) is 0.648. The first-order valence-electron chi connectivity index (χ1n) is 8.64. The fraction of sp³-hybridized carbons (Fsp3) is 0.273. The van der Waals surface area contributed by atoms with Gasteiger partial charge in [-0.15, -0.1) is 0 Å². The molecular weight excluding hydrogens is 278 g/mol. The van der Waals surface area contributed by atoms with Crippen LogP contribution in [0.1, 0.15) is 49.1 Å². The first-order chi connectivity index (χ1) is 11.4. The molecule has 1 atom stereocenters. The van der Waals surface area contributed by atoms with Crippen molar-refractivity contribution in [3.63, 3.8) is 0 Å². The number of hydrogen-bond acceptors (Lipinski definition) is 1. The molecule has 115 valence electrons. The predicted octanol–water partition coefficient (Wildman–Crippen LogP) is 6.11. The highest BCUT2D eigenvalue weighted by Crippen LogP contribution is 2.42. The standard InChI is InChI=1S/C22H22N/c1-2-8-17(9-3-1)14-18-10-4-5-11-19(18)15-20-16-23-22-13-7-6-12-21(20)22/h1-3,6-9,12-14,16,20H,4-5,10-11,15H2/t20-/m0/s1. The smallest absolute Gasteiger partial charge is 0.0664 e. The summed E-state index contributed by atoms with van der Waals surface area (Å²) in [5.41, 5.74) is 5.43. The number of aliphatic imine (C=N–C) groups is 1. The molecule has 2 aliphatic rings. The molecule has 0 spiro atoms. The second kappa shape index (κ2) is 6.54. The molecule has 1 radical (unpaired) electrons. The average molecular weight is 300 g/mol. The highest BCUT2D eigenvalue weighted by Gasteiger charge is 2.26. The minimum absolute atomic E-state index is 0.457. The highest BCUT2D eigenvalue weighted by atomic mass is 14.8. The number of allylic oxidation sites excluding steroid dienone is 1. The van der Waals surface area contributed by atoms with Crippen LogP contribution in [0.3, 0.4) is 0 Å². The summed E-state index contributed by atoms with van der Waals surface area (Å²) in [6.45, 7) is 0. The van der Waals surface area contributed by atoms with Crippen LogP contribution in [0, 0.1) is 5.92 Å². The van der Waals surface area contributed by atoms with Crippen molar-refractivity contribution >= 4 is 18.0 Å². The lowest BCUT2D eigenvalue weighted by atomic mass is 9.77. The molecule has 1 heteroatoms. The topological polar surface area (TPSA) is 12.4 Å². The Balaban J connectivity index is 1.55. The van der Waals surface area contributed by atoms with Crippen molar-refractivity contribution in [1.82, 2.24) is 0 Å². The molecule has 1 nitrogen and oxygen atoms in total. The van der Waals surface area contributed by atoms with E-state index in [1.165, 1.54) is 36.8 Å². The number of para-hydroxylation sites is 1. The first-order valence-corrected chi connectivity index (χ1v) is 8.64. The van der Waals surface area contributed by atoms with Crippen molar-refractivity contribution in [3.05, 3.63) is 77.2 Å². The molecule has 0 unspecified atom stereocenters. The zero-order valence-corrected chi connectivity index (χ0v) is 13.4. The van der Waals surface area contributed by atoms with Crippen LogP contribution in [0.5, 0.6) is 0 Å². The summed E-state index contributed by atoms with van der Waals surface area (Å²) < 4.78 is 0. The van der Waals surface area contributed by atoms with Gasteiger partial charge in [-0.25, -0.2) is 0 Å². The van der Waals surface area contributed by atoms with Crippen LogP contribution in [0.4, 0.5) is 5.69 Å². The third kappa shape index (κ3) is 3.14. The lowest BCUT2D eigenvalue weighted by Crippen LogP contribution is -2.12. The van der Waals surface area contributed by atoms with Crippen molar-refractivity contribution in [1.29, 1.82) is 0 Å². The summed E-state index contributed by atoms with van der Waals surface area (Å²) in [5, 5.41) is 0. The van der Waals surface area contributed by atoms with Gasteiger partial charge < -0.3 is 0 Å². The summed E-state index contributed by atoms with van der Waals surface area (Å²) in [4.78, 5) is 4.60. The minimum Gasteiger partial charge on any atom is -0.260 e. The van der Waals surface area contributed by atoms with E-state index in [4.69, 9.17) is 0 Å². The van der Waals surface area contributed by atoms with Gasteiger partial charge in [0, 0.05) is 18.1 Å². The van der Waals surface area contributed by atoms with Crippen LogP contribution in [-0.4, -0.2) is 6.21 Å². The molecule has 23 heavy (non-hydrogen) atoms. The van der Waals surface area contributed by atoms with E-state index in [1.807, 2.05) is 0 Å². The zero-order valence-electron chi connectivity index (χ0n) is 13.4. The van der Waals surface area contributed by atoms with Gasteiger partial charge in [0.1, 0.15) is 0 Å². The molecule has 1 heterocycles. The van der Waals surface area contributed by atoms with Crippen molar-refractivity contribution in [2.45, 2.75) is 38.0 Å². The molecule has 2 aromatic carbocycles. The second-order valence-electron chi connectivity index (χ2n) is 6.54. The van der Waals surface area contributed by atoms with Crippen molar-refractivity contribution in [3.8, 4) is 0 Å². The maximum atomic E-state index is 4.60. The van der Waals surface area contributed by atoms with Gasteiger partial charge >= 0.3 is 0 Å². The number of hydrogen-bond donors (Lipinski definition) is 0. The Morgan fingerprint density at radius 1 is 0.913 bits per heavy atom. The van der Waals surface area contributed by atoms with E-state index in [0.717, 1.165) is 12.1 Å². The number of rotatable bonds is 3. The van der Waals surface area contributed by atoms with E-state index < -0.39 is 0 Å². The predicted molar refractivity (Wildman–Crippen MR) is 98.1 cm³/mol. The molecule has 1 aliphatic carbocycles. The van der Waals surface area contributed by atoms with Gasteiger partial charge in [0.15, 0.2) is 0 Å². The van der Waals surface area contributed by atoms with Crippen molar-refractivity contribution in [2.75, 3.05) is 0 Å². The molecule has 0 bridgehead atoms. The minimum atomic E-state index is 0.457. The number of nitrogens with zero attached hydrogens (tertiary/aromatic N) is 1. The molecule has 0 saturated heterocycles. The molecule has 1 saturated carbocycles. The van der Waals surface area contributed by atoms with Gasteiger partial charge in [-0.05, 0) is 42.9 Å². The molecule has 0 N–H and O–H groups in total. The Labute approximate surface area is 138 Å². The maximum absolute atomic E-state index is 4.60. The third-order valence-electron chi connectivity index (χ3n) is 4.97. The van der Waals surface area contributed by atoms with Crippen LogP contribution >= 0.6 is 0 Å². The van der Waals surface area contributed by atoms with Crippen LogP contribution in [0.2, 0.25) is 0 Å². The monoisotopic (exact) mass is 300 g/mol. The lowest BCUT2D eigenvalue weighted by Gasteiger charge is -2.27.